The molecule has 1 saturated heterocycles. The van der Waals surface area contributed by atoms with E-state index in [9.17, 15) is 15.0 Å². The zero-order valence-corrected chi connectivity index (χ0v) is 18.8. The Morgan fingerprint density at radius 3 is 2.80 bits per heavy atom. The first-order valence-electron chi connectivity index (χ1n) is 10.3. The zero-order chi connectivity index (χ0) is 21.9. The third-order valence-electron chi connectivity index (χ3n) is 5.61. The van der Waals surface area contributed by atoms with Gasteiger partial charge in [-0.1, -0.05) is 27.7 Å². The topological polar surface area (TPSA) is 94.9 Å². The minimum absolute atomic E-state index is 0.0376. The first kappa shape index (κ1) is 22.4. The molecule has 3 rings (SSSR count). The molecule has 2 unspecified atom stereocenters. The number of rotatable bonds is 6. The predicted molar refractivity (Wildman–Crippen MR) is 119 cm³/mol. The van der Waals surface area contributed by atoms with Gasteiger partial charge in [0.2, 0.25) is 0 Å². The van der Waals surface area contributed by atoms with E-state index in [4.69, 9.17) is 4.84 Å². The van der Waals surface area contributed by atoms with Crippen LogP contribution in [0.2, 0.25) is 0 Å². The van der Waals surface area contributed by atoms with E-state index < -0.39 is 6.09 Å². The number of amides is 1. The number of nitrogens with zero attached hydrogens (tertiary/aromatic N) is 2. The summed E-state index contributed by atoms with van der Waals surface area (Å²) in [5.74, 6) is 0.447. The van der Waals surface area contributed by atoms with Gasteiger partial charge in [0.15, 0.2) is 0 Å². The van der Waals surface area contributed by atoms with Crippen molar-refractivity contribution < 1.29 is 19.8 Å². The van der Waals surface area contributed by atoms with E-state index in [2.05, 4.69) is 38.2 Å². The van der Waals surface area contributed by atoms with Crippen LogP contribution in [0.15, 0.2) is 23.6 Å². The van der Waals surface area contributed by atoms with Crippen molar-refractivity contribution in [2.24, 2.45) is 11.3 Å². The summed E-state index contributed by atoms with van der Waals surface area (Å²) in [6.45, 7) is 9.31. The number of aryl methyl sites for hydroxylation is 1. The van der Waals surface area contributed by atoms with Crippen molar-refractivity contribution in [1.82, 2.24) is 9.88 Å². The van der Waals surface area contributed by atoms with Crippen molar-refractivity contribution in [1.29, 1.82) is 0 Å². The van der Waals surface area contributed by atoms with E-state index in [1.54, 1.807) is 23.1 Å². The lowest BCUT2D eigenvalue weighted by atomic mass is 9.77. The van der Waals surface area contributed by atoms with Gasteiger partial charge in [-0.25, -0.2) is 9.78 Å². The van der Waals surface area contributed by atoms with E-state index in [1.165, 1.54) is 11.3 Å². The molecular formula is C22H31N3O4S. The van der Waals surface area contributed by atoms with Crippen molar-refractivity contribution in [2.75, 3.05) is 18.6 Å². The first-order valence-corrected chi connectivity index (χ1v) is 11.2. The normalized spacial score (nSPS) is 19.7. The van der Waals surface area contributed by atoms with Crippen LogP contribution in [-0.4, -0.2) is 45.4 Å². The monoisotopic (exact) mass is 433 g/mol. The van der Waals surface area contributed by atoms with Crippen LogP contribution < -0.4 is 5.48 Å². The molecule has 1 aliphatic rings. The highest BCUT2D eigenvalue weighted by Gasteiger charge is 2.38. The molecule has 1 aliphatic heterocycles. The molecule has 8 heteroatoms. The zero-order valence-electron chi connectivity index (χ0n) is 18.0. The molecule has 1 aromatic heterocycles. The lowest BCUT2D eigenvalue weighted by Gasteiger charge is -2.44. The first-order chi connectivity index (χ1) is 14.2. The number of phenolic OH excluding ortho intramolecular Hbond substituents is 1. The van der Waals surface area contributed by atoms with Crippen LogP contribution in [0.5, 0.6) is 5.75 Å². The Labute approximate surface area is 181 Å². The number of nitrogens with one attached hydrogen (secondary N) is 1. The van der Waals surface area contributed by atoms with Crippen LogP contribution in [0.25, 0.3) is 10.6 Å². The van der Waals surface area contributed by atoms with Crippen molar-refractivity contribution >= 4 is 23.1 Å². The Kier molecular flexibility index (Phi) is 6.88. The Morgan fingerprint density at radius 1 is 1.40 bits per heavy atom. The summed E-state index contributed by atoms with van der Waals surface area (Å²) in [6.07, 6.45) is 1.55. The molecule has 1 aromatic carbocycles. The number of thiazole rings is 1. The SMILES string of the molecule is CCc1csc(-c2cc(O)ccc2NOCC2CCN(C(=O)O)C(C(C)(C)C)C2)n1. The molecule has 1 amide bonds. The van der Waals surface area contributed by atoms with Gasteiger partial charge in [0.1, 0.15) is 10.8 Å². The van der Waals surface area contributed by atoms with Crippen molar-refractivity contribution in [2.45, 2.75) is 53.0 Å². The summed E-state index contributed by atoms with van der Waals surface area (Å²) in [4.78, 5) is 23.6. The van der Waals surface area contributed by atoms with Crippen molar-refractivity contribution in [3.05, 3.63) is 29.3 Å². The Hall–Kier alpha value is -2.32. The number of aromatic nitrogens is 1. The minimum Gasteiger partial charge on any atom is -0.508 e. The van der Waals surface area contributed by atoms with Gasteiger partial charge in [-0.3, -0.25) is 10.3 Å². The molecule has 0 spiro atoms. The number of benzene rings is 1. The van der Waals surface area contributed by atoms with Gasteiger partial charge in [0, 0.05) is 23.5 Å². The van der Waals surface area contributed by atoms with E-state index in [0.29, 0.717) is 13.2 Å². The number of phenols is 1. The third-order valence-corrected chi connectivity index (χ3v) is 6.53. The second kappa shape index (κ2) is 9.22. The predicted octanol–water partition coefficient (Wildman–Crippen LogP) is 5.23. The Balaban J connectivity index is 1.65. The van der Waals surface area contributed by atoms with E-state index in [1.807, 2.05) is 5.38 Å². The van der Waals surface area contributed by atoms with Crippen LogP contribution in [0, 0.1) is 11.3 Å². The summed E-state index contributed by atoms with van der Waals surface area (Å²) < 4.78 is 0. The summed E-state index contributed by atoms with van der Waals surface area (Å²) in [7, 11) is 0. The van der Waals surface area contributed by atoms with E-state index in [-0.39, 0.29) is 23.1 Å². The van der Waals surface area contributed by atoms with Gasteiger partial charge in [0.05, 0.1) is 18.0 Å². The van der Waals surface area contributed by atoms with E-state index in [0.717, 1.165) is 41.2 Å². The molecule has 2 aromatic rings. The van der Waals surface area contributed by atoms with Crippen LogP contribution >= 0.6 is 11.3 Å². The molecule has 0 saturated carbocycles. The quantitative estimate of drug-likeness (QED) is 0.427. The number of piperidine rings is 1. The smallest absolute Gasteiger partial charge is 0.407 e. The Bertz CT molecular complexity index is 878. The molecule has 164 valence electrons. The van der Waals surface area contributed by atoms with Gasteiger partial charge >= 0.3 is 6.09 Å². The van der Waals surface area contributed by atoms with Crippen LogP contribution in [0.4, 0.5) is 10.5 Å². The average Bonchev–Trinajstić information content (AvgIpc) is 3.17. The third kappa shape index (κ3) is 5.23. The number of carboxylic acid groups (broad SMARTS) is 1. The molecular weight excluding hydrogens is 402 g/mol. The number of hydrogen-bond donors (Lipinski definition) is 3. The van der Waals surface area contributed by atoms with Crippen molar-refractivity contribution in [3.63, 3.8) is 0 Å². The molecule has 1 fully saturated rings. The molecule has 0 radical (unpaired) electrons. The van der Waals surface area contributed by atoms with Gasteiger partial charge in [0.25, 0.3) is 0 Å². The lowest BCUT2D eigenvalue weighted by Crippen LogP contribution is -2.52. The second-order valence-corrected chi connectivity index (χ2v) is 9.75. The van der Waals surface area contributed by atoms with Crippen LogP contribution in [0.1, 0.15) is 46.2 Å². The number of hydrogen-bond acceptors (Lipinski definition) is 6. The fourth-order valence-corrected chi connectivity index (χ4v) is 4.80. The van der Waals surface area contributed by atoms with E-state index >= 15 is 0 Å². The Morgan fingerprint density at radius 2 is 2.17 bits per heavy atom. The standard InChI is InChI=1S/C22H31N3O4S/c1-5-15-13-30-20(23-15)17-11-16(26)6-7-18(17)24-29-12-14-8-9-25(21(27)28)19(10-14)22(2,3)4/h6-7,11,13-14,19,24,26H,5,8-10,12H2,1-4H3,(H,27,28). The minimum atomic E-state index is -0.851. The lowest BCUT2D eigenvalue weighted by molar-refractivity contribution is 0.0199. The molecule has 30 heavy (non-hydrogen) atoms. The van der Waals surface area contributed by atoms with Gasteiger partial charge in [-0.05, 0) is 48.8 Å². The molecule has 3 N–H and O–H groups in total. The summed E-state index contributed by atoms with van der Waals surface area (Å²) in [5.41, 5.74) is 5.46. The number of anilines is 1. The highest BCUT2D eigenvalue weighted by molar-refractivity contribution is 7.13. The number of carbonyl (C=O) groups is 1. The van der Waals surface area contributed by atoms with Gasteiger partial charge in [-0.2, -0.15) is 0 Å². The molecule has 2 heterocycles. The maximum atomic E-state index is 11.6. The average molecular weight is 434 g/mol. The van der Waals surface area contributed by atoms with Gasteiger partial charge in [-0.15, -0.1) is 11.3 Å². The summed E-state index contributed by atoms with van der Waals surface area (Å²) in [6, 6.07) is 5.04. The number of aromatic hydroxyl groups is 1. The molecule has 0 bridgehead atoms. The molecule has 2 atom stereocenters. The maximum absolute atomic E-state index is 11.6. The molecule has 0 aliphatic carbocycles. The van der Waals surface area contributed by atoms with Crippen molar-refractivity contribution in [3.8, 4) is 16.3 Å². The molecule has 7 nitrogen and oxygen atoms in total. The highest BCUT2D eigenvalue weighted by atomic mass is 32.1. The fraction of sp³-hybridized carbons (Fsp3) is 0.545. The fourth-order valence-electron chi connectivity index (χ4n) is 3.87. The second-order valence-electron chi connectivity index (χ2n) is 8.89. The van der Waals surface area contributed by atoms with Gasteiger partial charge < -0.3 is 15.1 Å². The summed E-state index contributed by atoms with van der Waals surface area (Å²) in [5, 5.41) is 22.3. The maximum Gasteiger partial charge on any atom is 0.407 e. The largest absolute Gasteiger partial charge is 0.508 e. The highest BCUT2D eigenvalue weighted by Crippen LogP contribution is 2.36. The van der Waals surface area contributed by atoms with Crippen LogP contribution in [-0.2, 0) is 11.3 Å². The summed E-state index contributed by atoms with van der Waals surface area (Å²) >= 11 is 1.54. The number of likely N-dealkylation sites (tertiary alicyclic amines) is 1. The van der Waals surface area contributed by atoms with Crippen LogP contribution in [0.3, 0.4) is 0 Å².